The minimum absolute atomic E-state index is 0.0202. The molecule has 0 unspecified atom stereocenters. The predicted molar refractivity (Wildman–Crippen MR) is 64.3 cm³/mol. The smallest absolute Gasteiger partial charge is 0.252 e. The maximum atomic E-state index is 11.6. The molecule has 0 bridgehead atoms. The summed E-state index contributed by atoms with van der Waals surface area (Å²) in [5, 5.41) is 0. The summed E-state index contributed by atoms with van der Waals surface area (Å²) in [6.45, 7) is 0.316. The average molecular weight is 224 g/mol. The monoisotopic (exact) mass is 224 g/mol. The van der Waals surface area contributed by atoms with Gasteiger partial charge in [-0.15, -0.1) is 0 Å². The normalized spacial score (nSPS) is 17.9. The van der Waals surface area contributed by atoms with Crippen molar-refractivity contribution in [2.45, 2.75) is 25.3 Å². The van der Waals surface area contributed by atoms with E-state index in [1.165, 1.54) is 24.3 Å². The Labute approximate surface area is 93.5 Å². The van der Waals surface area contributed by atoms with Gasteiger partial charge >= 0.3 is 0 Å². The van der Waals surface area contributed by atoms with E-state index in [0.29, 0.717) is 18.0 Å². The topological polar surface area (TPSA) is 58.9 Å². The molecule has 1 fully saturated rings. The van der Waals surface area contributed by atoms with Gasteiger partial charge in [0.05, 0.1) is 0 Å². The zero-order chi connectivity index (χ0) is 10.7. The Bertz CT molecular complexity index is 382. The summed E-state index contributed by atoms with van der Waals surface area (Å²) in [6, 6.07) is 3.88. The second kappa shape index (κ2) is 4.86. The SMILES string of the molecule is NCc1ccc(C2CCSCC2)[nH]c1=O. The van der Waals surface area contributed by atoms with Gasteiger partial charge in [-0.3, -0.25) is 4.79 Å². The first-order valence-electron chi connectivity index (χ1n) is 5.31. The van der Waals surface area contributed by atoms with Gasteiger partial charge in [-0.2, -0.15) is 11.8 Å². The number of aromatic amines is 1. The van der Waals surface area contributed by atoms with Gasteiger partial charge in [0.25, 0.3) is 5.56 Å². The Morgan fingerprint density at radius 1 is 1.40 bits per heavy atom. The maximum absolute atomic E-state index is 11.6. The van der Waals surface area contributed by atoms with Gasteiger partial charge in [-0.05, 0) is 30.4 Å². The second-order valence-electron chi connectivity index (χ2n) is 3.86. The number of pyridine rings is 1. The lowest BCUT2D eigenvalue weighted by Crippen LogP contribution is -2.19. The zero-order valence-electron chi connectivity index (χ0n) is 8.66. The lowest BCUT2D eigenvalue weighted by atomic mass is 9.98. The molecular weight excluding hydrogens is 208 g/mol. The van der Waals surface area contributed by atoms with Crippen LogP contribution >= 0.6 is 11.8 Å². The van der Waals surface area contributed by atoms with Crippen LogP contribution in [0.1, 0.15) is 30.0 Å². The molecule has 1 aliphatic heterocycles. The number of hydrogen-bond donors (Lipinski definition) is 2. The summed E-state index contributed by atoms with van der Waals surface area (Å²) < 4.78 is 0. The van der Waals surface area contributed by atoms with E-state index >= 15 is 0 Å². The van der Waals surface area contributed by atoms with Gasteiger partial charge in [0.2, 0.25) is 0 Å². The number of thioether (sulfide) groups is 1. The predicted octanol–water partition coefficient (Wildman–Crippen LogP) is 1.44. The van der Waals surface area contributed by atoms with E-state index in [1.54, 1.807) is 0 Å². The third kappa shape index (κ3) is 2.44. The molecule has 0 radical (unpaired) electrons. The average Bonchev–Trinajstić information content (AvgIpc) is 2.30. The summed E-state index contributed by atoms with van der Waals surface area (Å²) in [5.41, 5.74) is 7.19. The number of nitrogens with two attached hydrogens (primary N) is 1. The highest BCUT2D eigenvalue weighted by molar-refractivity contribution is 7.99. The Morgan fingerprint density at radius 2 is 2.13 bits per heavy atom. The molecule has 0 aromatic carbocycles. The van der Waals surface area contributed by atoms with Crippen molar-refractivity contribution in [3.63, 3.8) is 0 Å². The Hall–Kier alpha value is -0.740. The molecule has 2 heterocycles. The molecule has 4 heteroatoms. The molecule has 15 heavy (non-hydrogen) atoms. The fraction of sp³-hybridized carbons (Fsp3) is 0.545. The first kappa shape index (κ1) is 10.8. The Kier molecular flexibility index (Phi) is 3.49. The number of rotatable bonds is 2. The van der Waals surface area contributed by atoms with Crippen LogP contribution in [0.3, 0.4) is 0 Å². The van der Waals surface area contributed by atoms with Crippen LogP contribution in [0.15, 0.2) is 16.9 Å². The van der Waals surface area contributed by atoms with Gasteiger partial charge in [0, 0.05) is 23.7 Å². The van der Waals surface area contributed by atoms with Gasteiger partial charge in [-0.1, -0.05) is 6.07 Å². The lowest BCUT2D eigenvalue weighted by molar-refractivity contribution is 0.616. The zero-order valence-corrected chi connectivity index (χ0v) is 9.48. The van der Waals surface area contributed by atoms with Crippen molar-refractivity contribution in [2.75, 3.05) is 11.5 Å². The molecular formula is C11H16N2OS. The summed E-state index contributed by atoms with van der Waals surface area (Å²) in [6.07, 6.45) is 2.34. The van der Waals surface area contributed by atoms with E-state index in [2.05, 4.69) is 4.98 Å². The molecule has 3 N–H and O–H groups in total. The summed E-state index contributed by atoms with van der Waals surface area (Å²) in [5.74, 6) is 2.93. The van der Waals surface area contributed by atoms with E-state index in [-0.39, 0.29) is 5.56 Å². The molecule has 0 spiro atoms. The highest BCUT2D eigenvalue weighted by Gasteiger charge is 2.16. The highest BCUT2D eigenvalue weighted by atomic mass is 32.2. The molecule has 82 valence electrons. The van der Waals surface area contributed by atoms with E-state index in [4.69, 9.17) is 5.73 Å². The van der Waals surface area contributed by atoms with Crippen molar-refractivity contribution in [1.29, 1.82) is 0 Å². The second-order valence-corrected chi connectivity index (χ2v) is 5.08. The highest BCUT2D eigenvalue weighted by Crippen LogP contribution is 2.29. The molecule has 0 amide bonds. The molecule has 3 nitrogen and oxygen atoms in total. The number of H-pyrrole nitrogens is 1. The third-order valence-corrected chi connectivity index (χ3v) is 3.94. The Morgan fingerprint density at radius 3 is 2.73 bits per heavy atom. The molecule has 1 aliphatic rings. The number of aromatic nitrogens is 1. The third-order valence-electron chi connectivity index (χ3n) is 2.89. The minimum Gasteiger partial charge on any atom is -0.326 e. The van der Waals surface area contributed by atoms with Crippen molar-refractivity contribution in [1.82, 2.24) is 4.98 Å². The van der Waals surface area contributed by atoms with Gasteiger partial charge in [0.15, 0.2) is 0 Å². The van der Waals surface area contributed by atoms with E-state index in [9.17, 15) is 4.79 Å². The first-order chi connectivity index (χ1) is 7.31. The van der Waals surface area contributed by atoms with Gasteiger partial charge in [0.1, 0.15) is 0 Å². The largest absolute Gasteiger partial charge is 0.326 e. The molecule has 0 atom stereocenters. The standard InChI is InChI=1S/C11H16N2OS/c12-7-9-1-2-10(13-11(9)14)8-3-5-15-6-4-8/h1-2,8H,3-7,12H2,(H,13,14). The lowest BCUT2D eigenvalue weighted by Gasteiger charge is -2.21. The van der Waals surface area contributed by atoms with E-state index < -0.39 is 0 Å². The Balaban J connectivity index is 2.21. The van der Waals surface area contributed by atoms with Crippen molar-refractivity contribution in [3.05, 3.63) is 33.7 Å². The van der Waals surface area contributed by atoms with Crippen LogP contribution in [0.5, 0.6) is 0 Å². The molecule has 1 aromatic rings. The van der Waals surface area contributed by atoms with Crippen LogP contribution in [-0.2, 0) is 6.54 Å². The number of hydrogen-bond acceptors (Lipinski definition) is 3. The van der Waals surface area contributed by atoms with Gasteiger partial charge in [-0.25, -0.2) is 0 Å². The molecule has 0 saturated carbocycles. The fourth-order valence-electron chi connectivity index (χ4n) is 1.93. The van der Waals surface area contributed by atoms with Crippen molar-refractivity contribution >= 4 is 11.8 Å². The molecule has 2 rings (SSSR count). The van der Waals surface area contributed by atoms with Crippen molar-refractivity contribution < 1.29 is 0 Å². The van der Waals surface area contributed by atoms with Crippen molar-refractivity contribution in [3.8, 4) is 0 Å². The van der Waals surface area contributed by atoms with E-state index in [0.717, 1.165) is 5.69 Å². The number of nitrogens with one attached hydrogen (secondary N) is 1. The quantitative estimate of drug-likeness (QED) is 0.799. The summed E-state index contributed by atoms with van der Waals surface area (Å²) >= 11 is 1.99. The summed E-state index contributed by atoms with van der Waals surface area (Å²) in [7, 11) is 0. The van der Waals surface area contributed by atoms with Crippen LogP contribution in [0.4, 0.5) is 0 Å². The van der Waals surface area contributed by atoms with Crippen LogP contribution in [0, 0.1) is 0 Å². The van der Waals surface area contributed by atoms with Gasteiger partial charge < -0.3 is 10.7 Å². The van der Waals surface area contributed by atoms with Crippen LogP contribution in [-0.4, -0.2) is 16.5 Å². The van der Waals surface area contributed by atoms with Crippen LogP contribution in [0.2, 0.25) is 0 Å². The molecule has 1 aromatic heterocycles. The first-order valence-corrected chi connectivity index (χ1v) is 6.46. The van der Waals surface area contributed by atoms with Crippen molar-refractivity contribution in [2.24, 2.45) is 5.73 Å². The minimum atomic E-state index is -0.0202. The van der Waals surface area contributed by atoms with E-state index in [1.807, 2.05) is 23.9 Å². The fourth-order valence-corrected chi connectivity index (χ4v) is 3.03. The van der Waals surface area contributed by atoms with Crippen LogP contribution in [0.25, 0.3) is 0 Å². The van der Waals surface area contributed by atoms with Crippen LogP contribution < -0.4 is 11.3 Å². The maximum Gasteiger partial charge on any atom is 0.252 e. The molecule has 0 aliphatic carbocycles. The summed E-state index contributed by atoms with van der Waals surface area (Å²) in [4.78, 5) is 14.5. The molecule has 1 saturated heterocycles.